The molecule has 78 valence electrons. The van der Waals surface area contributed by atoms with Gasteiger partial charge >= 0.3 is 0 Å². The predicted octanol–water partition coefficient (Wildman–Crippen LogP) is 1.51. The second kappa shape index (κ2) is 4.93. The van der Waals surface area contributed by atoms with Crippen molar-refractivity contribution in [3.05, 3.63) is 12.7 Å². The van der Waals surface area contributed by atoms with E-state index in [1.165, 1.54) is 0 Å². The van der Waals surface area contributed by atoms with Gasteiger partial charge in [-0.1, -0.05) is 19.9 Å². The summed E-state index contributed by atoms with van der Waals surface area (Å²) in [6, 6.07) is 0. The molecule has 0 fully saturated rings. The molecule has 3 heteroatoms. The Labute approximate surface area is 84.7 Å². The number of hydrogen-bond acceptors (Lipinski definition) is 2. The highest BCUT2D eigenvalue weighted by Gasteiger charge is 2.41. The standard InChI is InChI=1S/C10H22O2Si/c1-6-7-8-10(11-4,12-5)9(2,3)13/h6H,1,7-8H2,2-5,13H3. The van der Waals surface area contributed by atoms with Crippen LogP contribution in [0.1, 0.15) is 26.7 Å². The Kier molecular flexibility index (Phi) is 4.89. The van der Waals surface area contributed by atoms with Gasteiger partial charge < -0.3 is 9.47 Å². The lowest BCUT2D eigenvalue weighted by Crippen LogP contribution is -2.44. The van der Waals surface area contributed by atoms with Crippen LogP contribution in [-0.4, -0.2) is 30.2 Å². The normalized spacial score (nSPS) is 13.2. The third-order valence-corrected chi connectivity index (χ3v) is 3.24. The maximum Gasteiger partial charge on any atom is 0.169 e. The van der Waals surface area contributed by atoms with Gasteiger partial charge in [0, 0.05) is 35.9 Å². The Hall–Kier alpha value is -0.123. The van der Waals surface area contributed by atoms with Crippen LogP contribution >= 0.6 is 0 Å². The summed E-state index contributed by atoms with van der Waals surface area (Å²) < 4.78 is 11.0. The Morgan fingerprint density at radius 1 is 1.31 bits per heavy atom. The molecule has 0 unspecified atom stereocenters. The molecule has 0 saturated carbocycles. The molecule has 0 amide bonds. The summed E-state index contributed by atoms with van der Waals surface area (Å²) in [5, 5.41) is 0.111. The Morgan fingerprint density at radius 3 is 2.00 bits per heavy atom. The zero-order chi connectivity index (χ0) is 10.5. The van der Waals surface area contributed by atoms with Crippen molar-refractivity contribution in [3.8, 4) is 0 Å². The van der Waals surface area contributed by atoms with Crippen LogP contribution in [0.15, 0.2) is 12.7 Å². The quantitative estimate of drug-likeness (QED) is 0.369. The van der Waals surface area contributed by atoms with E-state index in [-0.39, 0.29) is 5.04 Å². The smallest absolute Gasteiger partial charge is 0.169 e. The highest BCUT2D eigenvalue weighted by Crippen LogP contribution is 2.41. The van der Waals surface area contributed by atoms with Gasteiger partial charge in [-0.05, 0) is 6.42 Å². The van der Waals surface area contributed by atoms with Crippen molar-refractivity contribution < 1.29 is 9.47 Å². The zero-order valence-corrected chi connectivity index (χ0v) is 11.5. The van der Waals surface area contributed by atoms with Crippen molar-refractivity contribution in [1.29, 1.82) is 0 Å². The Morgan fingerprint density at radius 2 is 1.77 bits per heavy atom. The summed E-state index contributed by atoms with van der Waals surface area (Å²) in [5.74, 6) is -0.437. The molecule has 2 nitrogen and oxygen atoms in total. The Balaban J connectivity index is 4.59. The monoisotopic (exact) mass is 202 g/mol. The van der Waals surface area contributed by atoms with Gasteiger partial charge in [0.25, 0.3) is 0 Å². The minimum absolute atomic E-state index is 0.111. The van der Waals surface area contributed by atoms with Gasteiger partial charge in [0.05, 0.1) is 0 Å². The molecule has 0 N–H and O–H groups in total. The molecule has 0 aliphatic carbocycles. The van der Waals surface area contributed by atoms with Gasteiger partial charge in [0.1, 0.15) is 0 Å². The molecule has 13 heavy (non-hydrogen) atoms. The maximum absolute atomic E-state index is 5.52. The first kappa shape index (κ1) is 12.9. The van der Waals surface area contributed by atoms with E-state index < -0.39 is 5.79 Å². The SMILES string of the molecule is C=CCCC(OC)(OC)C(C)(C)[SiH3]. The number of allylic oxidation sites excluding steroid dienone is 1. The zero-order valence-electron chi connectivity index (χ0n) is 9.52. The predicted molar refractivity (Wildman–Crippen MR) is 60.2 cm³/mol. The average Bonchev–Trinajstić information content (AvgIpc) is 2.05. The molecular formula is C10H22O2Si. The summed E-state index contributed by atoms with van der Waals surface area (Å²) >= 11 is 0. The topological polar surface area (TPSA) is 18.5 Å². The minimum Gasteiger partial charge on any atom is -0.353 e. The van der Waals surface area contributed by atoms with Gasteiger partial charge in [-0.25, -0.2) is 0 Å². The molecule has 0 atom stereocenters. The van der Waals surface area contributed by atoms with E-state index in [9.17, 15) is 0 Å². The Bertz CT molecular complexity index is 157. The molecule has 0 spiro atoms. The van der Waals surface area contributed by atoms with Crippen molar-refractivity contribution in [1.82, 2.24) is 0 Å². The molecule has 0 bridgehead atoms. The molecule has 0 saturated heterocycles. The van der Waals surface area contributed by atoms with Crippen LogP contribution in [0.2, 0.25) is 5.04 Å². The van der Waals surface area contributed by atoms with Crippen LogP contribution in [0, 0.1) is 0 Å². The lowest BCUT2D eigenvalue weighted by atomic mass is 9.96. The third kappa shape index (κ3) is 2.93. The summed E-state index contributed by atoms with van der Waals surface area (Å²) in [6.07, 6.45) is 3.70. The fourth-order valence-electron chi connectivity index (χ4n) is 1.57. The van der Waals surface area contributed by atoms with E-state index in [0.29, 0.717) is 0 Å². The lowest BCUT2D eigenvalue weighted by molar-refractivity contribution is -0.230. The van der Waals surface area contributed by atoms with Crippen LogP contribution in [0.5, 0.6) is 0 Å². The summed E-state index contributed by atoms with van der Waals surface area (Å²) in [5.41, 5.74) is 0. The summed E-state index contributed by atoms with van der Waals surface area (Å²) in [7, 11) is 4.47. The highest BCUT2D eigenvalue weighted by molar-refractivity contribution is 6.15. The molecule has 0 aromatic carbocycles. The van der Waals surface area contributed by atoms with E-state index >= 15 is 0 Å². The number of methoxy groups -OCH3 is 2. The van der Waals surface area contributed by atoms with Crippen LogP contribution < -0.4 is 0 Å². The van der Waals surface area contributed by atoms with E-state index in [1.54, 1.807) is 14.2 Å². The summed E-state index contributed by atoms with van der Waals surface area (Å²) in [4.78, 5) is 0. The van der Waals surface area contributed by atoms with Crippen LogP contribution in [-0.2, 0) is 9.47 Å². The van der Waals surface area contributed by atoms with E-state index in [2.05, 4.69) is 20.4 Å². The second-order valence-corrected chi connectivity index (χ2v) is 6.74. The number of rotatable bonds is 6. The van der Waals surface area contributed by atoms with Gasteiger partial charge in [-0.3, -0.25) is 0 Å². The van der Waals surface area contributed by atoms with Crippen LogP contribution in [0.4, 0.5) is 0 Å². The molecule has 0 aromatic rings. The van der Waals surface area contributed by atoms with Gasteiger partial charge in [0.2, 0.25) is 0 Å². The van der Waals surface area contributed by atoms with Crippen molar-refractivity contribution in [3.63, 3.8) is 0 Å². The molecule has 0 heterocycles. The first-order chi connectivity index (χ1) is 5.93. The molecular weight excluding hydrogens is 180 g/mol. The molecule has 0 rings (SSSR count). The second-order valence-electron chi connectivity index (χ2n) is 4.24. The molecule has 0 aliphatic heterocycles. The first-order valence-corrected chi connectivity index (χ1v) is 5.64. The van der Waals surface area contributed by atoms with Crippen LogP contribution in [0.25, 0.3) is 0 Å². The fourth-order valence-corrected chi connectivity index (χ4v) is 2.23. The van der Waals surface area contributed by atoms with Crippen molar-refractivity contribution >= 4 is 10.2 Å². The number of ether oxygens (including phenoxy) is 2. The average molecular weight is 202 g/mol. The summed E-state index contributed by atoms with van der Waals surface area (Å²) in [6.45, 7) is 8.07. The van der Waals surface area contributed by atoms with Gasteiger partial charge in [-0.15, -0.1) is 6.58 Å². The van der Waals surface area contributed by atoms with E-state index in [0.717, 1.165) is 23.1 Å². The first-order valence-electron chi connectivity index (χ1n) is 4.64. The molecule has 0 aliphatic rings. The fraction of sp³-hybridized carbons (Fsp3) is 0.800. The van der Waals surface area contributed by atoms with Crippen molar-refractivity contribution in [2.75, 3.05) is 14.2 Å². The van der Waals surface area contributed by atoms with E-state index in [1.807, 2.05) is 6.08 Å². The number of hydrogen-bond donors (Lipinski definition) is 0. The minimum atomic E-state index is -0.437. The van der Waals surface area contributed by atoms with Crippen LogP contribution in [0.3, 0.4) is 0 Å². The largest absolute Gasteiger partial charge is 0.353 e. The van der Waals surface area contributed by atoms with Crippen molar-refractivity contribution in [2.45, 2.75) is 37.5 Å². The lowest BCUT2D eigenvalue weighted by Gasteiger charge is -2.42. The van der Waals surface area contributed by atoms with Gasteiger partial charge in [0.15, 0.2) is 5.79 Å². The molecule has 0 radical (unpaired) electrons. The highest BCUT2D eigenvalue weighted by atomic mass is 28.1. The maximum atomic E-state index is 5.52. The van der Waals surface area contributed by atoms with Crippen molar-refractivity contribution in [2.24, 2.45) is 0 Å². The van der Waals surface area contributed by atoms with E-state index in [4.69, 9.17) is 9.47 Å². The third-order valence-electron chi connectivity index (χ3n) is 2.48. The molecule has 0 aromatic heterocycles. The van der Waals surface area contributed by atoms with Gasteiger partial charge in [-0.2, -0.15) is 0 Å².